The second kappa shape index (κ2) is 11.0. The number of aromatic hydroxyl groups is 1. The average Bonchev–Trinajstić information content (AvgIpc) is 2.65. The third-order valence-corrected chi connectivity index (χ3v) is 6.26. The van der Waals surface area contributed by atoms with Gasteiger partial charge in [0.15, 0.2) is 0 Å². The van der Waals surface area contributed by atoms with Crippen LogP contribution >= 0.6 is 0 Å². The fourth-order valence-electron chi connectivity index (χ4n) is 3.09. The third kappa shape index (κ3) is 6.34. The van der Waals surface area contributed by atoms with Crippen molar-refractivity contribution in [2.24, 2.45) is 0 Å². The van der Waals surface area contributed by atoms with E-state index >= 15 is 0 Å². The van der Waals surface area contributed by atoms with Crippen molar-refractivity contribution >= 4 is 107 Å². The van der Waals surface area contributed by atoms with Gasteiger partial charge in [0.2, 0.25) is 0 Å². The Morgan fingerprint density at radius 2 is 1.59 bits per heavy atom. The molecule has 12 nitrogen and oxygen atoms in total. The van der Waals surface area contributed by atoms with E-state index in [1.807, 2.05) is 0 Å². The van der Waals surface area contributed by atoms with Crippen LogP contribution in [0.4, 0.5) is 11.4 Å². The first-order valence-electron chi connectivity index (χ1n) is 8.51. The SMILES string of the molecule is Cc1cc([N+](=O)[O-])ccc1C(=O)Nc1ccc(S(=O)(=O)O)c2cc(S(=O)(=O)O)cc(O)c12.[Na].[Na]. The molecule has 4 N–H and O–H groups in total. The van der Waals surface area contributed by atoms with Crippen molar-refractivity contribution in [1.29, 1.82) is 0 Å². The Balaban J connectivity index is 0.00000289. The van der Waals surface area contributed by atoms with Crippen molar-refractivity contribution in [1.82, 2.24) is 0 Å². The second-order valence-corrected chi connectivity index (χ2v) is 9.45. The number of nitro groups is 1. The number of nitrogens with one attached hydrogen (secondary N) is 1. The van der Waals surface area contributed by atoms with E-state index in [0.717, 1.165) is 18.2 Å². The van der Waals surface area contributed by atoms with Gasteiger partial charge in [-0.1, -0.05) is 0 Å². The number of hydrogen-bond acceptors (Lipinski definition) is 8. The van der Waals surface area contributed by atoms with E-state index in [-0.39, 0.29) is 87.0 Å². The van der Waals surface area contributed by atoms with Crippen LogP contribution in [0, 0.1) is 17.0 Å². The third-order valence-electron chi connectivity index (χ3n) is 4.52. The van der Waals surface area contributed by atoms with Crippen LogP contribution in [-0.2, 0) is 20.2 Å². The van der Waals surface area contributed by atoms with Gasteiger partial charge in [-0.15, -0.1) is 0 Å². The van der Waals surface area contributed by atoms with Crippen LogP contribution in [0.3, 0.4) is 0 Å². The number of fused-ring (bicyclic) bond motifs is 1. The molecule has 0 spiro atoms. The molecule has 0 bridgehead atoms. The van der Waals surface area contributed by atoms with Crippen LogP contribution in [0.15, 0.2) is 52.3 Å². The number of carbonyl (C=O) groups is 1. The van der Waals surface area contributed by atoms with E-state index in [4.69, 9.17) is 0 Å². The molecule has 3 rings (SSSR count). The number of carbonyl (C=O) groups excluding carboxylic acids is 1. The molecule has 0 atom stereocenters. The molecule has 0 aromatic heterocycles. The molecule has 1 amide bonds. The molecule has 0 saturated carbocycles. The quantitative estimate of drug-likeness (QED) is 0.164. The summed E-state index contributed by atoms with van der Waals surface area (Å²) >= 11 is 0. The van der Waals surface area contributed by atoms with Gasteiger partial charge in [0.25, 0.3) is 31.8 Å². The predicted molar refractivity (Wildman–Crippen MR) is 123 cm³/mol. The number of phenols is 1. The molecule has 3 aromatic carbocycles. The summed E-state index contributed by atoms with van der Waals surface area (Å²) in [4.78, 5) is 21.3. The maximum absolute atomic E-state index is 12.7. The Morgan fingerprint density at radius 3 is 2.09 bits per heavy atom. The van der Waals surface area contributed by atoms with Gasteiger partial charge in [-0.05, 0) is 36.8 Å². The zero-order valence-electron chi connectivity index (χ0n) is 18.0. The van der Waals surface area contributed by atoms with E-state index in [1.165, 1.54) is 19.1 Å². The number of phenolic OH excluding ortho intramolecular Hbond substituents is 1. The topological polar surface area (TPSA) is 201 Å². The van der Waals surface area contributed by atoms with Crippen molar-refractivity contribution in [2.45, 2.75) is 16.7 Å². The molecule has 0 aliphatic carbocycles. The standard InChI is InChI=1S/C18H14N2O10S2.2Na/c1-9-6-10(20(23)24)2-3-12(9)18(22)19-14-4-5-16(32(28,29)30)13-7-11(31(25,26)27)8-15(21)17(13)14;;/h2-8,21H,1H3,(H,19,22)(H,25,26,27)(H,28,29,30);;. The van der Waals surface area contributed by atoms with Crippen molar-refractivity contribution in [3.63, 3.8) is 0 Å². The smallest absolute Gasteiger partial charge is 0.295 e. The van der Waals surface area contributed by atoms with Crippen LogP contribution in [0.2, 0.25) is 0 Å². The largest absolute Gasteiger partial charge is 0.507 e. The van der Waals surface area contributed by atoms with Gasteiger partial charge in [-0.3, -0.25) is 24.0 Å². The molecular weight excluding hydrogens is 514 g/mol. The fourth-order valence-corrected chi connectivity index (χ4v) is 4.30. The zero-order chi connectivity index (χ0) is 24.0. The second-order valence-electron chi connectivity index (χ2n) is 6.64. The molecule has 34 heavy (non-hydrogen) atoms. The Morgan fingerprint density at radius 1 is 0.971 bits per heavy atom. The van der Waals surface area contributed by atoms with Crippen molar-refractivity contribution < 1.29 is 40.8 Å². The molecule has 0 aliphatic heterocycles. The van der Waals surface area contributed by atoms with Crippen molar-refractivity contribution in [3.05, 3.63) is 63.7 Å². The van der Waals surface area contributed by atoms with Crippen LogP contribution < -0.4 is 5.32 Å². The van der Waals surface area contributed by atoms with E-state index in [1.54, 1.807) is 0 Å². The molecule has 0 unspecified atom stereocenters. The van der Waals surface area contributed by atoms with Gasteiger partial charge in [-0.25, -0.2) is 0 Å². The number of benzene rings is 3. The summed E-state index contributed by atoms with van der Waals surface area (Å²) < 4.78 is 65.1. The first-order chi connectivity index (χ1) is 14.7. The van der Waals surface area contributed by atoms with Gasteiger partial charge in [0, 0.05) is 93.6 Å². The van der Waals surface area contributed by atoms with E-state index in [0.29, 0.717) is 12.1 Å². The predicted octanol–water partition coefficient (Wildman–Crippen LogP) is 1.75. The number of nitro benzene ring substituents is 1. The van der Waals surface area contributed by atoms with E-state index < -0.39 is 52.0 Å². The molecule has 0 fully saturated rings. The monoisotopic (exact) mass is 528 g/mol. The van der Waals surface area contributed by atoms with E-state index in [2.05, 4.69) is 5.32 Å². The van der Waals surface area contributed by atoms with Gasteiger partial charge < -0.3 is 10.4 Å². The van der Waals surface area contributed by atoms with Gasteiger partial charge in [0.1, 0.15) is 10.6 Å². The average molecular weight is 528 g/mol. The molecule has 16 heteroatoms. The van der Waals surface area contributed by atoms with Crippen LogP contribution in [-0.4, -0.2) is 101 Å². The number of anilines is 1. The summed E-state index contributed by atoms with van der Waals surface area (Å²) in [5.74, 6) is -1.58. The minimum Gasteiger partial charge on any atom is -0.507 e. The fraction of sp³-hybridized carbons (Fsp3) is 0.0556. The number of aryl methyl sites for hydroxylation is 1. The maximum atomic E-state index is 12.7. The molecule has 2 radical (unpaired) electrons. The summed E-state index contributed by atoms with van der Waals surface area (Å²) in [6.07, 6.45) is 0. The van der Waals surface area contributed by atoms with Crippen LogP contribution in [0.25, 0.3) is 10.8 Å². The van der Waals surface area contributed by atoms with Gasteiger partial charge in [-0.2, -0.15) is 16.8 Å². The van der Waals surface area contributed by atoms with Crippen molar-refractivity contribution in [3.8, 4) is 5.75 Å². The maximum Gasteiger partial charge on any atom is 0.295 e. The summed E-state index contributed by atoms with van der Waals surface area (Å²) in [5.41, 5.74) is -0.1000. The number of rotatable bonds is 5. The summed E-state index contributed by atoms with van der Waals surface area (Å²) in [6, 6.07) is 6.74. The Hall–Kier alpha value is -1.59. The zero-order valence-corrected chi connectivity index (χ0v) is 23.6. The molecular formula is C18H14N2Na2O10S2. The van der Waals surface area contributed by atoms with Crippen LogP contribution in [0.1, 0.15) is 15.9 Å². The summed E-state index contributed by atoms with van der Waals surface area (Å²) in [7, 11) is -9.74. The van der Waals surface area contributed by atoms with Gasteiger partial charge in [0.05, 0.1) is 15.5 Å². The number of non-ortho nitro benzene ring substituents is 1. The van der Waals surface area contributed by atoms with Crippen molar-refractivity contribution in [2.75, 3.05) is 5.32 Å². The number of amides is 1. The Labute approximate surface area is 237 Å². The molecule has 0 aliphatic rings. The minimum atomic E-state index is -4.89. The first kappa shape index (κ1) is 30.4. The number of nitrogens with zero attached hydrogens (tertiary/aromatic N) is 1. The summed E-state index contributed by atoms with van der Waals surface area (Å²) in [5, 5.41) is 22.8. The Bertz CT molecular complexity index is 1520. The summed E-state index contributed by atoms with van der Waals surface area (Å²) in [6.45, 7) is 1.46. The van der Waals surface area contributed by atoms with Crippen LogP contribution in [0.5, 0.6) is 5.75 Å². The molecule has 3 aromatic rings. The molecule has 0 heterocycles. The minimum absolute atomic E-state index is 0. The van der Waals surface area contributed by atoms with Gasteiger partial charge >= 0.3 is 0 Å². The molecule has 0 saturated heterocycles. The number of hydrogen-bond donors (Lipinski definition) is 4. The molecule has 170 valence electrons. The van der Waals surface area contributed by atoms with E-state index in [9.17, 15) is 46.0 Å². The normalized spacial score (nSPS) is 11.3. The first-order valence-corrected chi connectivity index (χ1v) is 11.4. The Kier molecular flexibility index (Phi) is 9.84.